The number of rotatable bonds is 7. The molecule has 102 valence electrons. The Morgan fingerprint density at radius 3 is 3.11 bits per heavy atom. The first-order valence-electron chi connectivity index (χ1n) is 6.27. The first-order valence-corrected chi connectivity index (χ1v) is 7.15. The summed E-state index contributed by atoms with van der Waals surface area (Å²) >= 11 is 1.59. The summed E-state index contributed by atoms with van der Waals surface area (Å²) in [7, 11) is 0. The average molecular weight is 280 g/mol. The summed E-state index contributed by atoms with van der Waals surface area (Å²) in [5.41, 5.74) is 0. The van der Waals surface area contributed by atoms with E-state index in [4.69, 9.17) is 4.74 Å². The Hall–Kier alpha value is -1.76. The zero-order valence-electron chi connectivity index (χ0n) is 10.8. The number of carbonyl (C=O) groups is 1. The maximum Gasteiger partial charge on any atom is 0.305 e. The highest BCUT2D eigenvalue weighted by atomic mass is 32.1. The van der Waals surface area contributed by atoms with E-state index in [1.807, 2.05) is 24.4 Å². The van der Waals surface area contributed by atoms with E-state index in [9.17, 15) is 4.79 Å². The van der Waals surface area contributed by atoms with Crippen molar-refractivity contribution in [3.05, 3.63) is 17.5 Å². The lowest BCUT2D eigenvalue weighted by Gasteiger charge is -2.01. The van der Waals surface area contributed by atoms with Crippen molar-refractivity contribution in [1.82, 2.24) is 20.2 Å². The number of carbonyl (C=O) groups excluding carboxylic acids is 1. The fourth-order valence-corrected chi connectivity index (χ4v) is 2.25. The van der Waals surface area contributed by atoms with Gasteiger partial charge in [0.2, 0.25) is 5.82 Å². The zero-order chi connectivity index (χ0) is 13.5. The third-order valence-corrected chi connectivity index (χ3v) is 3.35. The van der Waals surface area contributed by atoms with Crippen LogP contribution >= 0.6 is 11.3 Å². The second-order valence-corrected chi connectivity index (χ2v) is 4.90. The summed E-state index contributed by atoms with van der Waals surface area (Å²) in [4.78, 5) is 13.7. The van der Waals surface area contributed by atoms with Crippen molar-refractivity contribution in [1.29, 1.82) is 0 Å². The SMILES string of the molecule is CCOC(=O)CCCCn1nnc(-c2cccs2)n1. The lowest BCUT2D eigenvalue weighted by Crippen LogP contribution is -2.06. The van der Waals surface area contributed by atoms with Gasteiger partial charge in [-0.3, -0.25) is 4.79 Å². The second-order valence-electron chi connectivity index (χ2n) is 3.95. The van der Waals surface area contributed by atoms with Gasteiger partial charge >= 0.3 is 5.97 Å². The van der Waals surface area contributed by atoms with Gasteiger partial charge in [-0.05, 0) is 36.4 Å². The van der Waals surface area contributed by atoms with E-state index in [2.05, 4.69) is 15.4 Å². The number of tetrazole rings is 1. The van der Waals surface area contributed by atoms with Crippen LogP contribution in [0.4, 0.5) is 0 Å². The number of aryl methyl sites for hydroxylation is 1. The van der Waals surface area contributed by atoms with E-state index in [-0.39, 0.29) is 5.97 Å². The monoisotopic (exact) mass is 280 g/mol. The van der Waals surface area contributed by atoms with Crippen molar-refractivity contribution >= 4 is 17.3 Å². The zero-order valence-corrected chi connectivity index (χ0v) is 11.6. The average Bonchev–Trinajstić information content (AvgIpc) is 3.05. The quantitative estimate of drug-likeness (QED) is 0.574. The van der Waals surface area contributed by atoms with Crippen LogP contribution in [0.3, 0.4) is 0 Å². The van der Waals surface area contributed by atoms with Crippen molar-refractivity contribution in [3.63, 3.8) is 0 Å². The largest absolute Gasteiger partial charge is 0.466 e. The van der Waals surface area contributed by atoms with Gasteiger partial charge in [0.15, 0.2) is 0 Å². The van der Waals surface area contributed by atoms with Crippen LogP contribution in [0.1, 0.15) is 26.2 Å². The van der Waals surface area contributed by atoms with E-state index >= 15 is 0 Å². The minimum Gasteiger partial charge on any atom is -0.466 e. The fourth-order valence-electron chi connectivity index (χ4n) is 1.60. The summed E-state index contributed by atoms with van der Waals surface area (Å²) in [5, 5.41) is 14.3. The van der Waals surface area contributed by atoms with E-state index < -0.39 is 0 Å². The molecule has 0 saturated carbocycles. The van der Waals surface area contributed by atoms with Gasteiger partial charge in [-0.15, -0.1) is 21.5 Å². The molecule has 0 N–H and O–H groups in total. The third-order valence-electron chi connectivity index (χ3n) is 2.49. The number of aromatic nitrogens is 4. The van der Waals surface area contributed by atoms with Crippen LogP contribution in [0.5, 0.6) is 0 Å². The Balaban J connectivity index is 1.74. The van der Waals surface area contributed by atoms with Gasteiger partial charge in [0.1, 0.15) is 0 Å². The van der Waals surface area contributed by atoms with Crippen molar-refractivity contribution < 1.29 is 9.53 Å². The molecule has 0 aliphatic heterocycles. The maximum absolute atomic E-state index is 11.1. The summed E-state index contributed by atoms with van der Waals surface area (Å²) < 4.78 is 4.86. The third kappa shape index (κ3) is 4.13. The number of unbranched alkanes of at least 4 members (excludes halogenated alkanes) is 1. The van der Waals surface area contributed by atoms with Gasteiger partial charge in [0.05, 0.1) is 18.0 Å². The molecule has 0 amide bonds. The van der Waals surface area contributed by atoms with Crippen LogP contribution < -0.4 is 0 Å². The van der Waals surface area contributed by atoms with Crippen molar-refractivity contribution in [2.24, 2.45) is 0 Å². The van der Waals surface area contributed by atoms with Gasteiger partial charge in [-0.1, -0.05) is 6.07 Å². The molecule has 2 rings (SSSR count). The highest BCUT2D eigenvalue weighted by molar-refractivity contribution is 7.13. The maximum atomic E-state index is 11.1. The van der Waals surface area contributed by atoms with Crippen molar-refractivity contribution in [3.8, 4) is 10.7 Å². The predicted octanol–water partition coefficient (Wildman–Crippen LogP) is 2.13. The lowest BCUT2D eigenvalue weighted by atomic mass is 10.2. The Labute approximate surface area is 115 Å². The summed E-state index contributed by atoms with van der Waals surface area (Å²) in [6.45, 7) is 2.91. The molecule has 7 heteroatoms. The molecule has 0 aliphatic rings. The fraction of sp³-hybridized carbons (Fsp3) is 0.500. The molecule has 0 aliphatic carbocycles. The minimum atomic E-state index is -0.145. The molecule has 0 aromatic carbocycles. The van der Waals surface area contributed by atoms with E-state index in [0.717, 1.165) is 17.7 Å². The molecule has 0 atom stereocenters. The standard InChI is InChI=1S/C12H16N4O2S/c1-2-18-11(17)7-3-4-8-16-14-12(13-15-16)10-6-5-9-19-10/h5-6,9H,2-4,7-8H2,1H3. The van der Waals surface area contributed by atoms with Crippen molar-refractivity contribution in [2.45, 2.75) is 32.7 Å². The van der Waals surface area contributed by atoms with Crippen LogP contribution in [0.15, 0.2) is 17.5 Å². The number of nitrogens with zero attached hydrogens (tertiary/aromatic N) is 4. The number of thiophene rings is 1. The Morgan fingerprint density at radius 1 is 1.47 bits per heavy atom. The van der Waals surface area contributed by atoms with Gasteiger partial charge < -0.3 is 4.74 Å². The molecule has 0 bridgehead atoms. The molecule has 0 saturated heterocycles. The number of hydrogen-bond acceptors (Lipinski definition) is 6. The van der Waals surface area contributed by atoms with Gasteiger partial charge in [0, 0.05) is 6.42 Å². The van der Waals surface area contributed by atoms with Gasteiger partial charge in [-0.2, -0.15) is 4.80 Å². The highest BCUT2D eigenvalue weighted by Crippen LogP contribution is 2.19. The molecule has 0 radical (unpaired) electrons. The summed E-state index contributed by atoms with van der Waals surface area (Å²) in [6, 6.07) is 3.92. The summed E-state index contributed by atoms with van der Waals surface area (Å²) in [6.07, 6.45) is 2.05. The molecule has 2 heterocycles. The second kappa shape index (κ2) is 6.98. The van der Waals surface area contributed by atoms with Gasteiger partial charge in [0.25, 0.3) is 0 Å². The molecule has 0 unspecified atom stereocenters. The Bertz CT molecular complexity index is 510. The minimum absolute atomic E-state index is 0.145. The first-order chi connectivity index (χ1) is 9.29. The van der Waals surface area contributed by atoms with E-state index in [0.29, 0.717) is 25.4 Å². The molecule has 2 aromatic heterocycles. The molecule has 6 nitrogen and oxygen atoms in total. The lowest BCUT2D eigenvalue weighted by molar-refractivity contribution is -0.143. The molecule has 0 spiro atoms. The normalized spacial score (nSPS) is 10.6. The van der Waals surface area contributed by atoms with E-state index in [1.165, 1.54) is 0 Å². The predicted molar refractivity (Wildman–Crippen MR) is 71.6 cm³/mol. The van der Waals surface area contributed by atoms with Crippen LogP contribution in [0.25, 0.3) is 10.7 Å². The van der Waals surface area contributed by atoms with Crippen LogP contribution in [0, 0.1) is 0 Å². The Morgan fingerprint density at radius 2 is 2.37 bits per heavy atom. The van der Waals surface area contributed by atoms with Crippen LogP contribution in [-0.2, 0) is 16.1 Å². The number of esters is 1. The molecular formula is C12H16N4O2S. The van der Waals surface area contributed by atoms with E-state index in [1.54, 1.807) is 16.1 Å². The highest BCUT2D eigenvalue weighted by Gasteiger charge is 2.07. The van der Waals surface area contributed by atoms with Crippen LogP contribution in [-0.4, -0.2) is 32.8 Å². The molecule has 19 heavy (non-hydrogen) atoms. The Kier molecular flexibility index (Phi) is 5.02. The summed E-state index contributed by atoms with van der Waals surface area (Å²) in [5.74, 6) is 0.508. The number of ether oxygens (including phenoxy) is 1. The van der Waals surface area contributed by atoms with Gasteiger partial charge in [-0.25, -0.2) is 0 Å². The van der Waals surface area contributed by atoms with Crippen molar-refractivity contribution in [2.75, 3.05) is 6.61 Å². The smallest absolute Gasteiger partial charge is 0.305 e. The molecular weight excluding hydrogens is 264 g/mol. The first kappa shape index (κ1) is 13.7. The molecule has 0 fully saturated rings. The van der Waals surface area contributed by atoms with Crippen LogP contribution in [0.2, 0.25) is 0 Å². The molecule has 2 aromatic rings. The topological polar surface area (TPSA) is 69.9 Å². The number of hydrogen-bond donors (Lipinski definition) is 0.